The Balaban J connectivity index is 1.64. The van der Waals surface area contributed by atoms with Gasteiger partial charge in [0.1, 0.15) is 5.69 Å². The molecule has 3 aromatic rings. The molecule has 0 atom stereocenters. The number of methoxy groups -OCH3 is 2. The minimum Gasteiger partial charge on any atom is -0.493 e. The SMILES string of the molecule is C=C(NNC(=O)c1cc(-c2ccccc2)n[nH]1)c1ccc(OC)c(OC)c1. The summed E-state index contributed by atoms with van der Waals surface area (Å²) in [5.41, 5.74) is 8.61. The quantitative estimate of drug-likeness (QED) is 0.561. The summed E-state index contributed by atoms with van der Waals surface area (Å²) in [6, 6.07) is 16.6. The van der Waals surface area contributed by atoms with Gasteiger partial charge in [-0.3, -0.25) is 20.7 Å². The average molecular weight is 364 g/mol. The van der Waals surface area contributed by atoms with E-state index in [0.717, 1.165) is 11.1 Å². The van der Waals surface area contributed by atoms with Crippen molar-refractivity contribution in [2.45, 2.75) is 0 Å². The van der Waals surface area contributed by atoms with E-state index in [4.69, 9.17) is 9.47 Å². The van der Waals surface area contributed by atoms with Gasteiger partial charge in [0.25, 0.3) is 5.91 Å². The summed E-state index contributed by atoms with van der Waals surface area (Å²) in [7, 11) is 3.13. The molecule has 1 aromatic heterocycles. The molecule has 7 heteroatoms. The lowest BCUT2D eigenvalue weighted by atomic mass is 10.1. The predicted molar refractivity (Wildman–Crippen MR) is 103 cm³/mol. The van der Waals surface area contributed by atoms with E-state index in [0.29, 0.717) is 28.6 Å². The minimum atomic E-state index is -0.355. The number of rotatable bonds is 7. The number of nitrogens with zero attached hydrogens (tertiary/aromatic N) is 1. The Morgan fingerprint density at radius 3 is 2.44 bits per heavy atom. The van der Waals surface area contributed by atoms with E-state index >= 15 is 0 Å². The molecular weight excluding hydrogens is 344 g/mol. The number of carbonyl (C=O) groups excluding carboxylic acids is 1. The number of aromatic nitrogens is 2. The molecule has 0 saturated heterocycles. The second-order valence-electron chi connectivity index (χ2n) is 5.66. The zero-order valence-corrected chi connectivity index (χ0v) is 15.1. The second-order valence-corrected chi connectivity index (χ2v) is 5.66. The standard InChI is InChI=1S/C20H20N4O3/c1-13(15-9-10-18(26-2)19(11-15)27-3)21-24-20(25)17-12-16(22-23-17)14-7-5-4-6-8-14/h4-12,21H,1H2,2-3H3,(H,22,23)(H,24,25). The van der Waals surface area contributed by atoms with Crippen molar-refractivity contribution in [2.24, 2.45) is 0 Å². The number of H-pyrrole nitrogens is 1. The molecule has 3 N–H and O–H groups in total. The molecule has 138 valence electrons. The molecule has 0 saturated carbocycles. The zero-order chi connectivity index (χ0) is 19.2. The van der Waals surface area contributed by atoms with E-state index in [1.807, 2.05) is 36.4 Å². The zero-order valence-electron chi connectivity index (χ0n) is 15.1. The molecule has 0 spiro atoms. The van der Waals surface area contributed by atoms with Gasteiger partial charge in [-0.1, -0.05) is 36.9 Å². The molecule has 3 rings (SSSR count). The number of carbonyl (C=O) groups is 1. The Labute approximate surface area is 157 Å². The van der Waals surface area contributed by atoms with Crippen LogP contribution in [-0.2, 0) is 0 Å². The van der Waals surface area contributed by atoms with Gasteiger partial charge < -0.3 is 9.47 Å². The van der Waals surface area contributed by atoms with E-state index in [1.54, 1.807) is 32.4 Å². The number of hydrogen-bond donors (Lipinski definition) is 3. The summed E-state index contributed by atoms with van der Waals surface area (Å²) >= 11 is 0. The molecule has 1 amide bonds. The Hall–Kier alpha value is -3.74. The minimum absolute atomic E-state index is 0.335. The first-order valence-corrected chi connectivity index (χ1v) is 8.21. The Morgan fingerprint density at radius 1 is 1.00 bits per heavy atom. The fraction of sp³-hybridized carbons (Fsp3) is 0.100. The lowest BCUT2D eigenvalue weighted by Crippen LogP contribution is -2.36. The molecule has 0 unspecified atom stereocenters. The number of hydrazine groups is 1. The Kier molecular flexibility index (Phi) is 5.41. The van der Waals surface area contributed by atoms with Crippen LogP contribution in [0.2, 0.25) is 0 Å². The van der Waals surface area contributed by atoms with Gasteiger partial charge in [0.15, 0.2) is 11.5 Å². The summed E-state index contributed by atoms with van der Waals surface area (Å²) in [6.07, 6.45) is 0. The Bertz CT molecular complexity index is 951. The van der Waals surface area contributed by atoms with Gasteiger partial charge in [0, 0.05) is 11.1 Å². The van der Waals surface area contributed by atoms with Crippen LogP contribution in [0.1, 0.15) is 16.1 Å². The van der Waals surface area contributed by atoms with Crippen molar-refractivity contribution in [3.8, 4) is 22.8 Å². The van der Waals surface area contributed by atoms with Crippen molar-refractivity contribution in [3.63, 3.8) is 0 Å². The molecule has 0 bridgehead atoms. The maximum Gasteiger partial charge on any atom is 0.287 e. The van der Waals surface area contributed by atoms with Crippen LogP contribution in [-0.4, -0.2) is 30.3 Å². The predicted octanol–water partition coefficient (Wildman–Crippen LogP) is 3.00. The first kappa shape index (κ1) is 18.1. The highest BCUT2D eigenvalue weighted by molar-refractivity contribution is 5.93. The number of amides is 1. The molecule has 0 radical (unpaired) electrons. The third-order valence-electron chi connectivity index (χ3n) is 3.95. The maximum atomic E-state index is 12.3. The molecule has 1 heterocycles. The van der Waals surface area contributed by atoms with Crippen LogP contribution in [0.4, 0.5) is 0 Å². The topological polar surface area (TPSA) is 88.3 Å². The van der Waals surface area contributed by atoms with Gasteiger partial charge in [0.05, 0.1) is 25.6 Å². The van der Waals surface area contributed by atoms with Crippen LogP contribution in [0.25, 0.3) is 17.0 Å². The molecule has 7 nitrogen and oxygen atoms in total. The van der Waals surface area contributed by atoms with Crippen LogP contribution in [0.5, 0.6) is 11.5 Å². The van der Waals surface area contributed by atoms with Crippen molar-refractivity contribution in [1.29, 1.82) is 0 Å². The van der Waals surface area contributed by atoms with Crippen molar-refractivity contribution < 1.29 is 14.3 Å². The van der Waals surface area contributed by atoms with Crippen molar-refractivity contribution in [1.82, 2.24) is 21.0 Å². The first-order chi connectivity index (χ1) is 13.1. The normalized spacial score (nSPS) is 10.1. The van der Waals surface area contributed by atoms with E-state index in [2.05, 4.69) is 27.6 Å². The van der Waals surface area contributed by atoms with Crippen LogP contribution >= 0.6 is 0 Å². The van der Waals surface area contributed by atoms with Gasteiger partial charge in [-0.15, -0.1) is 0 Å². The highest BCUT2D eigenvalue weighted by Crippen LogP contribution is 2.29. The highest BCUT2D eigenvalue weighted by atomic mass is 16.5. The van der Waals surface area contributed by atoms with E-state index in [-0.39, 0.29) is 5.91 Å². The first-order valence-electron chi connectivity index (χ1n) is 8.21. The van der Waals surface area contributed by atoms with Crippen LogP contribution in [0.3, 0.4) is 0 Å². The van der Waals surface area contributed by atoms with Gasteiger partial charge in [0.2, 0.25) is 0 Å². The largest absolute Gasteiger partial charge is 0.493 e. The number of aromatic amines is 1. The maximum absolute atomic E-state index is 12.3. The van der Waals surface area contributed by atoms with Crippen LogP contribution in [0, 0.1) is 0 Å². The van der Waals surface area contributed by atoms with Gasteiger partial charge >= 0.3 is 0 Å². The lowest BCUT2D eigenvalue weighted by molar-refractivity contribution is 0.0937. The van der Waals surface area contributed by atoms with Gasteiger partial charge in [-0.2, -0.15) is 5.10 Å². The molecule has 0 aliphatic carbocycles. The van der Waals surface area contributed by atoms with Crippen molar-refractivity contribution >= 4 is 11.6 Å². The number of ether oxygens (including phenoxy) is 2. The summed E-state index contributed by atoms with van der Waals surface area (Å²) in [5.74, 6) is 0.834. The summed E-state index contributed by atoms with van der Waals surface area (Å²) in [4.78, 5) is 12.3. The fourth-order valence-corrected chi connectivity index (χ4v) is 2.49. The second kappa shape index (κ2) is 8.09. The highest BCUT2D eigenvalue weighted by Gasteiger charge is 2.12. The molecular formula is C20H20N4O3. The third kappa shape index (κ3) is 4.09. The van der Waals surface area contributed by atoms with E-state index in [1.165, 1.54) is 0 Å². The van der Waals surface area contributed by atoms with E-state index in [9.17, 15) is 4.79 Å². The molecule has 0 fully saturated rings. The van der Waals surface area contributed by atoms with Gasteiger partial charge in [-0.05, 0) is 24.3 Å². The molecule has 27 heavy (non-hydrogen) atoms. The van der Waals surface area contributed by atoms with Crippen molar-refractivity contribution in [2.75, 3.05) is 14.2 Å². The van der Waals surface area contributed by atoms with Crippen LogP contribution < -0.4 is 20.3 Å². The fourth-order valence-electron chi connectivity index (χ4n) is 2.49. The molecule has 0 aliphatic heterocycles. The number of benzene rings is 2. The summed E-state index contributed by atoms with van der Waals surface area (Å²) < 4.78 is 10.5. The third-order valence-corrected chi connectivity index (χ3v) is 3.95. The Morgan fingerprint density at radius 2 is 1.74 bits per heavy atom. The molecule has 2 aromatic carbocycles. The average Bonchev–Trinajstić information content (AvgIpc) is 3.22. The molecule has 0 aliphatic rings. The van der Waals surface area contributed by atoms with E-state index < -0.39 is 0 Å². The summed E-state index contributed by atoms with van der Waals surface area (Å²) in [6.45, 7) is 3.93. The smallest absolute Gasteiger partial charge is 0.287 e. The number of hydrogen-bond acceptors (Lipinski definition) is 5. The van der Waals surface area contributed by atoms with Gasteiger partial charge in [-0.25, -0.2) is 0 Å². The summed E-state index contributed by atoms with van der Waals surface area (Å²) in [5, 5.41) is 6.90. The van der Waals surface area contributed by atoms with Crippen LogP contribution in [0.15, 0.2) is 61.2 Å². The lowest BCUT2D eigenvalue weighted by Gasteiger charge is -2.13. The van der Waals surface area contributed by atoms with Crippen molar-refractivity contribution in [3.05, 3.63) is 72.4 Å². The monoisotopic (exact) mass is 364 g/mol. The number of nitrogens with one attached hydrogen (secondary N) is 3.